The van der Waals surface area contributed by atoms with E-state index >= 15 is 0 Å². The van der Waals surface area contributed by atoms with Gasteiger partial charge in [0.2, 0.25) is 11.8 Å². The molecule has 2 aromatic carbocycles. The predicted octanol–water partition coefficient (Wildman–Crippen LogP) is 4.53. The number of amides is 1. The number of likely N-dealkylation sites (tertiary alicyclic amines) is 1. The number of nitrogens with two attached hydrogens (primary N) is 1. The molecule has 0 aliphatic carbocycles. The first-order chi connectivity index (χ1) is 17.7. The lowest BCUT2D eigenvalue weighted by Crippen LogP contribution is -2.45. The first-order valence-corrected chi connectivity index (χ1v) is 12.7. The minimum atomic E-state index is -1.42. The number of hydrogen-bond donors (Lipinski definition) is 3. The highest BCUT2D eigenvalue weighted by molar-refractivity contribution is 7.09. The molecule has 1 aliphatic heterocycles. The van der Waals surface area contributed by atoms with Crippen molar-refractivity contribution < 1.29 is 14.3 Å². The van der Waals surface area contributed by atoms with Gasteiger partial charge in [-0.15, -0.1) is 11.3 Å². The number of methoxy groups -OCH3 is 1. The lowest BCUT2D eigenvalue weighted by atomic mass is 10.0. The van der Waals surface area contributed by atoms with Crippen LogP contribution in [-0.2, 0) is 4.74 Å². The fraction of sp³-hybridized carbons (Fsp3) is 0.286. The number of carbonyl (C=O) groups excluding carboxylic acids is 1. The molecule has 37 heavy (non-hydrogen) atoms. The highest BCUT2D eigenvalue weighted by Gasteiger charge is 2.33. The first kappa shape index (κ1) is 26.1. The molecule has 1 fully saturated rings. The first-order valence-electron chi connectivity index (χ1n) is 11.8. The van der Waals surface area contributed by atoms with E-state index in [0.29, 0.717) is 23.4 Å². The van der Waals surface area contributed by atoms with Crippen molar-refractivity contribution in [3.8, 4) is 17.6 Å². The number of nitrogens with zero attached hydrogens (tertiary/aromatic N) is 2. The van der Waals surface area contributed by atoms with Crippen LogP contribution < -0.4 is 10.5 Å². The Balaban J connectivity index is 1.53. The van der Waals surface area contributed by atoms with Gasteiger partial charge in [-0.1, -0.05) is 30.0 Å². The fourth-order valence-corrected chi connectivity index (χ4v) is 4.92. The van der Waals surface area contributed by atoms with Crippen LogP contribution in [0.25, 0.3) is 0 Å². The van der Waals surface area contributed by atoms with Gasteiger partial charge in [0.05, 0.1) is 13.2 Å². The van der Waals surface area contributed by atoms with Crippen LogP contribution in [0.3, 0.4) is 0 Å². The molecule has 1 aromatic heterocycles. The SMILES string of the molecule is COc1cc(C(=N)OC(=N)C(C)(N)C#Cc2ccccc2)cc(C(=O)N2CCCC2c2nc(C)cs2)c1. The number of hydrogen-bond acceptors (Lipinski definition) is 8. The highest BCUT2D eigenvalue weighted by atomic mass is 32.1. The van der Waals surface area contributed by atoms with E-state index in [1.807, 2.05) is 47.5 Å². The van der Waals surface area contributed by atoms with Gasteiger partial charge < -0.3 is 20.1 Å². The molecule has 2 heterocycles. The van der Waals surface area contributed by atoms with Crippen molar-refractivity contribution >= 4 is 29.0 Å². The molecule has 0 saturated carbocycles. The second-order valence-electron chi connectivity index (χ2n) is 9.01. The lowest BCUT2D eigenvalue weighted by molar-refractivity contribution is 0.0735. The Labute approximate surface area is 220 Å². The minimum Gasteiger partial charge on any atom is -0.497 e. The number of thiazole rings is 1. The van der Waals surface area contributed by atoms with Crippen molar-refractivity contribution in [2.45, 2.75) is 38.3 Å². The molecule has 8 nitrogen and oxygen atoms in total. The molecule has 2 atom stereocenters. The van der Waals surface area contributed by atoms with Crippen LogP contribution in [0.4, 0.5) is 0 Å². The second kappa shape index (κ2) is 10.9. The Hall–Kier alpha value is -4.00. The Bertz CT molecular complexity index is 1390. The number of aromatic nitrogens is 1. The van der Waals surface area contributed by atoms with E-state index in [0.717, 1.165) is 29.1 Å². The van der Waals surface area contributed by atoms with Crippen LogP contribution in [0.5, 0.6) is 5.75 Å². The average molecular weight is 516 g/mol. The van der Waals surface area contributed by atoms with E-state index in [4.69, 9.17) is 26.0 Å². The summed E-state index contributed by atoms with van der Waals surface area (Å²) in [5, 5.41) is 19.7. The third-order valence-corrected chi connectivity index (χ3v) is 7.07. The molecule has 0 bridgehead atoms. The number of rotatable bonds is 5. The molecule has 190 valence electrons. The summed E-state index contributed by atoms with van der Waals surface area (Å²) in [4.78, 5) is 19.9. The van der Waals surface area contributed by atoms with Crippen molar-refractivity contribution in [1.82, 2.24) is 9.88 Å². The maximum absolute atomic E-state index is 13.5. The minimum absolute atomic E-state index is 0.0779. The smallest absolute Gasteiger partial charge is 0.254 e. The lowest BCUT2D eigenvalue weighted by Gasteiger charge is -2.24. The Kier molecular flexibility index (Phi) is 7.71. The zero-order valence-corrected chi connectivity index (χ0v) is 21.8. The van der Waals surface area contributed by atoms with Crippen molar-refractivity contribution in [1.29, 1.82) is 10.8 Å². The molecule has 3 aromatic rings. The summed E-state index contributed by atoms with van der Waals surface area (Å²) in [5.74, 6) is 5.29. The topological polar surface area (TPSA) is 125 Å². The molecular formula is C28H29N5O3S. The van der Waals surface area contributed by atoms with Crippen molar-refractivity contribution in [2.24, 2.45) is 5.73 Å². The van der Waals surface area contributed by atoms with E-state index in [1.54, 1.807) is 36.5 Å². The molecule has 2 unspecified atom stereocenters. The number of ether oxygens (including phenoxy) is 2. The van der Waals surface area contributed by atoms with Crippen molar-refractivity contribution in [3.05, 3.63) is 81.3 Å². The van der Waals surface area contributed by atoms with E-state index in [9.17, 15) is 4.79 Å². The maximum Gasteiger partial charge on any atom is 0.254 e. The maximum atomic E-state index is 13.5. The Morgan fingerprint density at radius 3 is 2.62 bits per heavy atom. The molecule has 9 heteroatoms. The summed E-state index contributed by atoms with van der Waals surface area (Å²) < 4.78 is 10.9. The van der Waals surface area contributed by atoms with Gasteiger partial charge >= 0.3 is 0 Å². The zero-order valence-electron chi connectivity index (χ0n) is 21.0. The predicted molar refractivity (Wildman–Crippen MR) is 144 cm³/mol. The van der Waals surface area contributed by atoms with Crippen molar-refractivity contribution in [2.75, 3.05) is 13.7 Å². The fourth-order valence-electron chi connectivity index (χ4n) is 3.98. The van der Waals surface area contributed by atoms with Gasteiger partial charge in [0.15, 0.2) is 5.54 Å². The van der Waals surface area contributed by atoms with Gasteiger partial charge in [0.1, 0.15) is 10.8 Å². The Morgan fingerprint density at radius 1 is 1.22 bits per heavy atom. The monoisotopic (exact) mass is 515 g/mol. The third-order valence-electron chi connectivity index (χ3n) is 6.00. The van der Waals surface area contributed by atoms with E-state index in [1.165, 1.54) is 7.11 Å². The van der Waals surface area contributed by atoms with Gasteiger partial charge in [-0.05, 0) is 57.0 Å². The summed E-state index contributed by atoms with van der Waals surface area (Å²) in [6.45, 7) is 4.12. The summed E-state index contributed by atoms with van der Waals surface area (Å²) in [6.07, 6.45) is 1.74. The second-order valence-corrected chi connectivity index (χ2v) is 9.90. The number of nitrogens with one attached hydrogen (secondary N) is 2. The standard InChI is InChI=1S/C28H29N5O3S/c1-18-17-37-25(32-18)23-10-7-13-33(23)26(34)21-14-20(15-22(16-21)35-3)24(29)36-27(30)28(2,31)12-11-19-8-5-4-6-9-19/h4-6,8-9,14-17,23,29-30H,7,10,13,31H2,1-3H3. The van der Waals surface area contributed by atoms with Crippen LogP contribution in [0.1, 0.15) is 58.0 Å². The van der Waals surface area contributed by atoms with E-state index in [-0.39, 0.29) is 23.7 Å². The summed E-state index contributed by atoms with van der Waals surface area (Å²) >= 11 is 1.56. The number of benzene rings is 2. The van der Waals surface area contributed by atoms with Crippen LogP contribution in [0.15, 0.2) is 53.9 Å². The van der Waals surface area contributed by atoms with Crippen LogP contribution in [-0.4, -0.2) is 46.8 Å². The number of aryl methyl sites for hydroxylation is 1. The molecule has 0 radical (unpaired) electrons. The average Bonchev–Trinajstić information content (AvgIpc) is 3.56. The normalized spacial score (nSPS) is 16.3. The van der Waals surface area contributed by atoms with Crippen LogP contribution >= 0.6 is 11.3 Å². The Morgan fingerprint density at radius 2 is 1.95 bits per heavy atom. The van der Waals surface area contributed by atoms with Crippen LogP contribution in [0, 0.1) is 29.6 Å². The zero-order chi connectivity index (χ0) is 26.6. The van der Waals surface area contributed by atoms with Gasteiger partial charge in [-0.3, -0.25) is 15.6 Å². The van der Waals surface area contributed by atoms with Gasteiger partial charge in [0.25, 0.3) is 5.91 Å². The molecule has 4 rings (SSSR count). The summed E-state index contributed by atoms with van der Waals surface area (Å²) in [5.41, 5.74) is 7.15. The summed E-state index contributed by atoms with van der Waals surface area (Å²) in [6, 6.07) is 14.0. The van der Waals surface area contributed by atoms with Gasteiger partial charge in [0, 0.05) is 34.3 Å². The van der Waals surface area contributed by atoms with Gasteiger partial charge in [-0.25, -0.2) is 4.98 Å². The van der Waals surface area contributed by atoms with E-state index in [2.05, 4.69) is 16.8 Å². The molecule has 0 spiro atoms. The van der Waals surface area contributed by atoms with Crippen molar-refractivity contribution in [3.63, 3.8) is 0 Å². The molecule has 1 saturated heterocycles. The molecule has 4 N–H and O–H groups in total. The van der Waals surface area contributed by atoms with Gasteiger partial charge in [-0.2, -0.15) is 0 Å². The molecular weight excluding hydrogens is 486 g/mol. The largest absolute Gasteiger partial charge is 0.497 e. The van der Waals surface area contributed by atoms with Crippen LogP contribution in [0.2, 0.25) is 0 Å². The molecule has 1 amide bonds. The summed E-state index contributed by atoms with van der Waals surface area (Å²) in [7, 11) is 1.49. The van der Waals surface area contributed by atoms with E-state index < -0.39 is 5.54 Å². The number of carbonyl (C=O) groups is 1. The quantitative estimate of drug-likeness (QED) is 0.262. The highest BCUT2D eigenvalue weighted by Crippen LogP contribution is 2.35. The molecule has 1 aliphatic rings. The third kappa shape index (κ3) is 6.05.